The van der Waals surface area contributed by atoms with Crippen LogP contribution in [0.2, 0.25) is 0 Å². The first-order valence-electron chi connectivity index (χ1n) is 8.70. The summed E-state index contributed by atoms with van der Waals surface area (Å²) in [5.41, 5.74) is 2.64. The highest BCUT2D eigenvalue weighted by molar-refractivity contribution is 5.93. The molecule has 0 bridgehead atoms. The summed E-state index contributed by atoms with van der Waals surface area (Å²) in [6.07, 6.45) is 5.84. The molecule has 1 amide bonds. The van der Waals surface area contributed by atoms with Gasteiger partial charge in [-0.05, 0) is 53.9 Å². The maximum absolute atomic E-state index is 12.9. The first-order valence-corrected chi connectivity index (χ1v) is 8.70. The Morgan fingerprint density at radius 1 is 1.04 bits per heavy atom. The molecule has 1 aromatic carbocycles. The van der Waals surface area contributed by atoms with Gasteiger partial charge >= 0.3 is 0 Å². The monoisotopic (exact) mass is 364 g/mol. The zero-order chi connectivity index (χ0) is 19.1. The van der Waals surface area contributed by atoms with Crippen molar-refractivity contribution in [2.24, 2.45) is 0 Å². The lowest BCUT2D eigenvalue weighted by Gasteiger charge is -2.17. The summed E-state index contributed by atoms with van der Waals surface area (Å²) in [6, 6.07) is 13.7. The van der Waals surface area contributed by atoms with Gasteiger partial charge in [-0.1, -0.05) is 12.1 Å². The number of carbonyl (C=O) groups excluding carboxylic acids is 1. The minimum Gasteiger partial charge on any atom is -0.366 e. The van der Waals surface area contributed by atoms with Gasteiger partial charge < -0.3 is 10.2 Å². The van der Waals surface area contributed by atoms with Crippen LogP contribution in [0.25, 0.3) is 0 Å². The van der Waals surface area contributed by atoms with E-state index in [1.807, 2.05) is 12.1 Å². The number of nitrogens with zero attached hydrogens (tertiary/aromatic N) is 3. The SMILES string of the molecule is CN(CCc1ccncc1)C(=O)c1ccc(NCc2ccc(F)cc2)nc1. The number of halogens is 1. The van der Waals surface area contributed by atoms with Crippen molar-refractivity contribution in [1.29, 1.82) is 0 Å². The van der Waals surface area contributed by atoms with Gasteiger partial charge in [0.25, 0.3) is 5.91 Å². The molecular weight excluding hydrogens is 343 g/mol. The van der Waals surface area contributed by atoms with Gasteiger partial charge in [0, 0.05) is 38.7 Å². The second-order valence-electron chi connectivity index (χ2n) is 6.24. The molecule has 27 heavy (non-hydrogen) atoms. The van der Waals surface area contributed by atoms with Crippen LogP contribution < -0.4 is 5.32 Å². The molecule has 3 rings (SSSR count). The molecule has 138 valence electrons. The average molecular weight is 364 g/mol. The first-order chi connectivity index (χ1) is 13.1. The molecule has 0 spiro atoms. The number of anilines is 1. The Bertz CT molecular complexity index is 867. The van der Waals surface area contributed by atoms with Gasteiger partial charge in [0.05, 0.1) is 5.56 Å². The maximum Gasteiger partial charge on any atom is 0.255 e. The number of hydrogen-bond donors (Lipinski definition) is 1. The standard InChI is InChI=1S/C21H21FN4O/c1-26(13-10-16-8-11-23-12-9-16)21(27)18-4-7-20(25-15-18)24-14-17-2-5-19(22)6-3-17/h2-9,11-12,15H,10,13-14H2,1H3,(H,24,25). The Kier molecular flexibility index (Phi) is 6.10. The Labute approximate surface area is 157 Å². The summed E-state index contributed by atoms with van der Waals surface area (Å²) in [5, 5.41) is 3.16. The number of amides is 1. The van der Waals surface area contributed by atoms with Crippen LogP contribution in [0.15, 0.2) is 67.1 Å². The van der Waals surface area contributed by atoms with Gasteiger partial charge in [-0.25, -0.2) is 9.37 Å². The molecule has 2 heterocycles. The number of hydrogen-bond acceptors (Lipinski definition) is 4. The van der Waals surface area contributed by atoms with Gasteiger partial charge in [-0.3, -0.25) is 9.78 Å². The average Bonchev–Trinajstić information content (AvgIpc) is 2.72. The largest absolute Gasteiger partial charge is 0.366 e. The van der Waals surface area contributed by atoms with Crippen LogP contribution in [0.1, 0.15) is 21.5 Å². The predicted octanol–water partition coefficient (Wildman–Crippen LogP) is 3.54. The third-order valence-electron chi connectivity index (χ3n) is 4.23. The Balaban J connectivity index is 1.52. The van der Waals surface area contributed by atoms with Crippen LogP contribution >= 0.6 is 0 Å². The lowest BCUT2D eigenvalue weighted by Crippen LogP contribution is -2.29. The highest BCUT2D eigenvalue weighted by Crippen LogP contribution is 2.10. The fourth-order valence-corrected chi connectivity index (χ4v) is 2.59. The number of pyridine rings is 2. The lowest BCUT2D eigenvalue weighted by molar-refractivity contribution is 0.0796. The van der Waals surface area contributed by atoms with E-state index in [0.29, 0.717) is 24.5 Å². The van der Waals surface area contributed by atoms with E-state index in [0.717, 1.165) is 17.5 Å². The first kappa shape index (κ1) is 18.5. The minimum absolute atomic E-state index is 0.0679. The van der Waals surface area contributed by atoms with Crippen molar-refractivity contribution in [2.75, 3.05) is 18.9 Å². The number of benzene rings is 1. The summed E-state index contributed by atoms with van der Waals surface area (Å²) < 4.78 is 12.9. The Hall–Kier alpha value is -3.28. The molecule has 0 radical (unpaired) electrons. The molecule has 6 heteroatoms. The van der Waals surface area contributed by atoms with E-state index in [-0.39, 0.29) is 11.7 Å². The Morgan fingerprint density at radius 3 is 2.44 bits per heavy atom. The van der Waals surface area contributed by atoms with Crippen molar-refractivity contribution in [3.63, 3.8) is 0 Å². The summed E-state index contributed by atoms with van der Waals surface area (Å²) in [4.78, 5) is 22.5. The van der Waals surface area contributed by atoms with E-state index in [1.165, 1.54) is 12.1 Å². The van der Waals surface area contributed by atoms with E-state index < -0.39 is 0 Å². The van der Waals surface area contributed by atoms with Crippen LogP contribution in [-0.2, 0) is 13.0 Å². The van der Waals surface area contributed by atoms with E-state index in [1.54, 1.807) is 54.8 Å². The zero-order valence-electron chi connectivity index (χ0n) is 15.1. The third-order valence-corrected chi connectivity index (χ3v) is 4.23. The molecular formula is C21H21FN4O. The van der Waals surface area contributed by atoms with Crippen molar-refractivity contribution < 1.29 is 9.18 Å². The quantitative estimate of drug-likeness (QED) is 0.697. The molecule has 0 aliphatic heterocycles. The normalized spacial score (nSPS) is 10.4. The topological polar surface area (TPSA) is 58.1 Å². The van der Waals surface area contributed by atoms with Crippen LogP contribution in [0.3, 0.4) is 0 Å². The zero-order valence-corrected chi connectivity index (χ0v) is 15.1. The summed E-state index contributed by atoms with van der Waals surface area (Å²) in [5.74, 6) is 0.338. The summed E-state index contributed by atoms with van der Waals surface area (Å²) in [6.45, 7) is 1.15. The van der Waals surface area contributed by atoms with Crippen molar-refractivity contribution in [2.45, 2.75) is 13.0 Å². The van der Waals surface area contributed by atoms with Gasteiger partial charge in [-0.2, -0.15) is 0 Å². The molecule has 0 atom stereocenters. The van der Waals surface area contributed by atoms with Crippen molar-refractivity contribution >= 4 is 11.7 Å². The summed E-state index contributed by atoms with van der Waals surface area (Å²) >= 11 is 0. The summed E-state index contributed by atoms with van der Waals surface area (Å²) in [7, 11) is 1.78. The number of aromatic nitrogens is 2. The highest BCUT2D eigenvalue weighted by atomic mass is 19.1. The minimum atomic E-state index is -0.257. The molecule has 2 aromatic heterocycles. The van der Waals surface area contributed by atoms with E-state index in [4.69, 9.17) is 0 Å². The van der Waals surface area contributed by atoms with Gasteiger partial charge in [0.2, 0.25) is 0 Å². The molecule has 3 aromatic rings. The third kappa shape index (κ3) is 5.34. The van der Waals surface area contributed by atoms with Crippen molar-refractivity contribution in [3.05, 3.63) is 89.6 Å². The Morgan fingerprint density at radius 2 is 1.78 bits per heavy atom. The van der Waals surface area contributed by atoms with Crippen molar-refractivity contribution in [1.82, 2.24) is 14.9 Å². The molecule has 5 nitrogen and oxygen atoms in total. The van der Waals surface area contributed by atoms with E-state index in [2.05, 4.69) is 15.3 Å². The van der Waals surface area contributed by atoms with Crippen LogP contribution in [0.4, 0.5) is 10.2 Å². The second kappa shape index (κ2) is 8.89. The number of likely N-dealkylation sites (N-methyl/N-ethyl adjacent to an activating group) is 1. The fraction of sp³-hybridized carbons (Fsp3) is 0.190. The molecule has 0 aliphatic carbocycles. The van der Waals surface area contributed by atoms with E-state index in [9.17, 15) is 9.18 Å². The molecule has 0 saturated carbocycles. The van der Waals surface area contributed by atoms with Gasteiger partial charge in [0.1, 0.15) is 11.6 Å². The van der Waals surface area contributed by atoms with Crippen LogP contribution in [0.5, 0.6) is 0 Å². The lowest BCUT2D eigenvalue weighted by atomic mass is 10.2. The molecule has 0 fully saturated rings. The van der Waals surface area contributed by atoms with Gasteiger partial charge in [0.15, 0.2) is 0 Å². The number of nitrogens with one attached hydrogen (secondary N) is 1. The van der Waals surface area contributed by atoms with Crippen molar-refractivity contribution in [3.8, 4) is 0 Å². The molecule has 0 aliphatic rings. The highest BCUT2D eigenvalue weighted by Gasteiger charge is 2.12. The molecule has 1 N–H and O–H groups in total. The number of carbonyl (C=O) groups is 1. The maximum atomic E-state index is 12.9. The molecule has 0 saturated heterocycles. The fourth-order valence-electron chi connectivity index (χ4n) is 2.59. The van der Waals surface area contributed by atoms with Gasteiger partial charge in [-0.15, -0.1) is 0 Å². The molecule has 0 unspecified atom stereocenters. The number of rotatable bonds is 7. The van der Waals surface area contributed by atoms with Crippen LogP contribution in [-0.4, -0.2) is 34.4 Å². The van der Waals surface area contributed by atoms with E-state index >= 15 is 0 Å². The smallest absolute Gasteiger partial charge is 0.255 e. The van der Waals surface area contributed by atoms with Crippen LogP contribution in [0, 0.1) is 5.82 Å². The second-order valence-corrected chi connectivity index (χ2v) is 6.24. The predicted molar refractivity (Wildman–Crippen MR) is 103 cm³/mol.